The maximum atomic E-state index is 14.1. The Hall–Kier alpha value is -5.48. The van der Waals surface area contributed by atoms with Gasteiger partial charge in [0.05, 0.1) is 28.0 Å². The van der Waals surface area contributed by atoms with Crippen molar-refractivity contribution >= 4 is 34.4 Å². The van der Waals surface area contributed by atoms with E-state index in [-0.39, 0.29) is 17.2 Å². The average Bonchev–Trinajstić information content (AvgIpc) is 3.77. The van der Waals surface area contributed by atoms with Gasteiger partial charge in [-0.15, -0.1) is 0 Å². The molecule has 2 saturated heterocycles. The topological polar surface area (TPSA) is 119 Å². The fourth-order valence-electron chi connectivity index (χ4n) is 7.96. The van der Waals surface area contributed by atoms with E-state index >= 15 is 0 Å². The van der Waals surface area contributed by atoms with Gasteiger partial charge in [-0.05, 0) is 74.6 Å². The van der Waals surface area contributed by atoms with E-state index in [4.69, 9.17) is 14.7 Å². The number of pyridine rings is 1. The lowest BCUT2D eigenvalue weighted by atomic mass is 9.73. The van der Waals surface area contributed by atoms with E-state index in [1.807, 2.05) is 92.6 Å². The van der Waals surface area contributed by atoms with Gasteiger partial charge in [0.2, 0.25) is 0 Å². The standard InChI is InChI=1S/C40H39N7O3.C2H6/c1-25-20-30(37(41-22-25)46-23-40(24-46)15-18-50-19-16-40)38(48)42-27-12-10-26(11-13-27)39(49)47-17-14-31-29(28-6-2-5-9-35(28)47)21-34(43-31)36-44-32-7-3-4-8-33(32)45-36;1-2/h2-10,12,20-22,43H,11,13-19,23-24H2,1H3,(H,42,48)(H,44,45);1-2H3. The van der Waals surface area contributed by atoms with E-state index in [0.717, 1.165) is 107 Å². The van der Waals surface area contributed by atoms with Gasteiger partial charge >= 0.3 is 0 Å². The number of nitrogens with one attached hydrogen (secondary N) is 3. The predicted octanol–water partition coefficient (Wildman–Crippen LogP) is 7.49. The minimum absolute atomic E-state index is 0.00765. The Morgan fingerprint density at radius 3 is 2.48 bits per heavy atom. The molecule has 10 heteroatoms. The van der Waals surface area contributed by atoms with Crippen LogP contribution in [0.3, 0.4) is 0 Å². The van der Waals surface area contributed by atoms with Gasteiger partial charge in [0.1, 0.15) is 5.82 Å². The molecule has 2 aromatic carbocycles. The summed E-state index contributed by atoms with van der Waals surface area (Å²) in [6, 6.07) is 20.2. The van der Waals surface area contributed by atoms with Crippen molar-refractivity contribution in [3.8, 4) is 22.6 Å². The number of para-hydroxylation sites is 3. The van der Waals surface area contributed by atoms with Crippen LogP contribution in [-0.4, -0.2) is 64.6 Å². The number of carbonyl (C=O) groups is 2. The van der Waals surface area contributed by atoms with Crippen LogP contribution in [0, 0.1) is 12.3 Å². The van der Waals surface area contributed by atoms with Crippen LogP contribution in [0.15, 0.2) is 90.3 Å². The van der Waals surface area contributed by atoms with Gasteiger partial charge < -0.3 is 29.8 Å². The van der Waals surface area contributed by atoms with Crippen LogP contribution < -0.4 is 15.1 Å². The Morgan fingerprint density at radius 2 is 1.69 bits per heavy atom. The zero-order chi connectivity index (χ0) is 35.8. The van der Waals surface area contributed by atoms with Gasteiger partial charge in [0.15, 0.2) is 5.82 Å². The first-order chi connectivity index (χ1) is 25.4. The highest BCUT2D eigenvalue weighted by atomic mass is 16.5. The van der Waals surface area contributed by atoms with Crippen LogP contribution in [0.1, 0.15) is 61.1 Å². The molecule has 1 spiro atoms. The van der Waals surface area contributed by atoms with Crippen molar-refractivity contribution < 1.29 is 14.3 Å². The highest BCUT2D eigenvalue weighted by Gasteiger charge is 2.45. The Bertz CT molecular complexity index is 2180. The lowest BCUT2D eigenvalue weighted by Gasteiger charge is -2.53. The van der Waals surface area contributed by atoms with Gasteiger partial charge in [-0.3, -0.25) is 9.59 Å². The van der Waals surface area contributed by atoms with Crippen molar-refractivity contribution in [1.29, 1.82) is 0 Å². The van der Waals surface area contributed by atoms with Crippen molar-refractivity contribution in [2.45, 2.75) is 52.9 Å². The fourth-order valence-corrected chi connectivity index (χ4v) is 7.96. The molecule has 10 nitrogen and oxygen atoms in total. The van der Waals surface area contributed by atoms with Gasteiger partial charge in [-0.1, -0.05) is 50.3 Å². The molecule has 3 aromatic heterocycles. The summed E-state index contributed by atoms with van der Waals surface area (Å²) in [4.78, 5) is 48.4. The zero-order valence-corrected chi connectivity index (χ0v) is 30.1. The minimum Gasteiger partial charge on any atom is -0.381 e. The summed E-state index contributed by atoms with van der Waals surface area (Å²) in [7, 11) is 0. The number of imidazole rings is 1. The van der Waals surface area contributed by atoms with Crippen molar-refractivity contribution in [3.05, 3.63) is 107 Å². The number of amides is 2. The number of anilines is 2. The van der Waals surface area contributed by atoms with E-state index in [1.165, 1.54) is 0 Å². The van der Waals surface area contributed by atoms with Crippen molar-refractivity contribution in [1.82, 2.24) is 25.3 Å². The third kappa shape index (κ3) is 6.21. The van der Waals surface area contributed by atoms with Gasteiger partial charge in [0.25, 0.3) is 11.8 Å². The number of hydrogen-bond acceptors (Lipinski definition) is 6. The number of allylic oxidation sites excluding steroid dienone is 3. The molecule has 3 aliphatic heterocycles. The summed E-state index contributed by atoms with van der Waals surface area (Å²) in [6.07, 6.45) is 9.48. The minimum atomic E-state index is -0.164. The second kappa shape index (κ2) is 13.9. The Labute approximate surface area is 304 Å². The molecule has 1 aliphatic carbocycles. The van der Waals surface area contributed by atoms with Crippen LogP contribution in [0.25, 0.3) is 33.7 Å². The van der Waals surface area contributed by atoms with Crippen LogP contribution in [0.5, 0.6) is 0 Å². The second-order valence-electron chi connectivity index (χ2n) is 14.1. The van der Waals surface area contributed by atoms with Gasteiger partial charge in [-0.2, -0.15) is 0 Å². The monoisotopic (exact) mass is 695 g/mol. The van der Waals surface area contributed by atoms with Gasteiger partial charge in [0, 0.05) is 79.0 Å². The number of carbonyl (C=O) groups excluding carboxylic acids is 2. The molecule has 0 saturated carbocycles. The van der Waals surface area contributed by atoms with Crippen LogP contribution in [-0.2, 0) is 16.0 Å². The summed E-state index contributed by atoms with van der Waals surface area (Å²) in [5, 5.41) is 3.13. The molecule has 0 bridgehead atoms. The number of ether oxygens (including phenoxy) is 1. The van der Waals surface area contributed by atoms with Gasteiger partial charge in [-0.25, -0.2) is 9.97 Å². The predicted molar refractivity (Wildman–Crippen MR) is 205 cm³/mol. The molecule has 52 heavy (non-hydrogen) atoms. The number of aryl methyl sites for hydroxylation is 1. The molecular weight excluding hydrogens is 651 g/mol. The Balaban J connectivity index is 0.00000190. The fraction of sp³-hybridized carbons (Fsp3) is 0.333. The average molecular weight is 696 g/mol. The summed E-state index contributed by atoms with van der Waals surface area (Å²) >= 11 is 0. The first kappa shape index (κ1) is 33.7. The lowest BCUT2D eigenvalue weighted by Crippen LogP contribution is -2.59. The highest BCUT2D eigenvalue weighted by molar-refractivity contribution is 6.09. The number of fused-ring (bicyclic) bond motifs is 4. The molecule has 9 rings (SSSR count). The lowest BCUT2D eigenvalue weighted by molar-refractivity contribution is -0.115. The maximum absolute atomic E-state index is 14.1. The first-order valence-corrected chi connectivity index (χ1v) is 18.5. The zero-order valence-electron chi connectivity index (χ0n) is 30.1. The van der Waals surface area contributed by atoms with E-state index in [2.05, 4.69) is 32.3 Å². The first-order valence-electron chi connectivity index (χ1n) is 18.5. The summed E-state index contributed by atoms with van der Waals surface area (Å²) in [5.41, 5.74) is 10.2. The van der Waals surface area contributed by atoms with Crippen molar-refractivity contribution in [2.75, 3.05) is 42.6 Å². The van der Waals surface area contributed by atoms with E-state index < -0.39 is 0 Å². The number of aromatic amines is 2. The number of nitrogens with zero attached hydrogens (tertiary/aromatic N) is 4. The summed E-state index contributed by atoms with van der Waals surface area (Å²) < 4.78 is 5.58. The van der Waals surface area contributed by atoms with E-state index in [0.29, 0.717) is 31.4 Å². The third-order valence-corrected chi connectivity index (χ3v) is 10.7. The normalized spacial score (nSPS) is 17.5. The second-order valence-corrected chi connectivity index (χ2v) is 14.1. The largest absolute Gasteiger partial charge is 0.381 e. The number of aromatic nitrogens is 4. The molecule has 2 fully saturated rings. The van der Waals surface area contributed by atoms with Crippen molar-refractivity contribution in [2.24, 2.45) is 5.41 Å². The van der Waals surface area contributed by atoms with E-state index in [1.54, 1.807) is 0 Å². The summed E-state index contributed by atoms with van der Waals surface area (Å²) in [5.74, 6) is 1.36. The Morgan fingerprint density at radius 1 is 0.904 bits per heavy atom. The maximum Gasteiger partial charge on any atom is 0.259 e. The van der Waals surface area contributed by atoms with E-state index in [9.17, 15) is 9.59 Å². The molecule has 6 heterocycles. The molecule has 0 unspecified atom stereocenters. The summed E-state index contributed by atoms with van der Waals surface area (Å²) in [6.45, 7) is 9.91. The molecule has 3 N–H and O–H groups in total. The van der Waals surface area contributed by atoms with Crippen LogP contribution >= 0.6 is 0 Å². The highest BCUT2D eigenvalue weighted by Crippen LogP contribution is 2.43. The number of hydrogen-bond donors (Lipinski definition) is 3. The molecular formula is C42H45N7O3. The molecule has 4 aliphatic rings. The SMILES string of the molecule is CC.Cc1cnc(N2CC3(CCOCC3)C2)c(C(=O)NC2=CC=C(C(=O)N3CCc4[nH]c(-c5nc6ccccc6[nH]5)cc4-c4ccccc43)CC2)c1. The molecule has 266 valence electrons. The molecule has 0 radical (unpaired) electrons. The smallest absolute Gasteiger partial charge is 0.259 e. The number of rotatable bonds is 5. The van der Waals surface area contributed by atoms with Crippen LogP contribution in [0.4, 0.5) is 11.5 Å². The molecule has 5 aromatic rings. The molecule has 2 amide bonds. The Kier molecular flexibility index (Phi) is 9.01. The molecule has 0 atom stereocenters. The third-order valence-electron chi connectivity index (χ3n) is 10.7. The number of benzene rings is 2. The van der Waals surface area contributed by atoms with Crippen molar-refractivity contribution in [3.63, 3.8) is 0 Å². The van der Waals surface area contributed by atoms with Crippen LogP contribution in [0.2, 0.25) is 0 Å². The quantitative estimate of drug-likeness (QED) is 0.175. The number of H-pyrrole nitrogens is 2.